The summed E-state index contributed by atoms with van der Waals surface area (Å²) >= 11 is 0. The molecule has 0 aromatic heterocycles. The number of alkyl halides is 2. The summed E-state index contributed by atoms with van der Waals surface area (Å²) in [4.78, 5) is 11.9. The maximum atomic E-state index is 14.0. The zero-order chi connectivity index (χ0) is 13.2. The van der Waals surface area contributed by atoms with Crippen molar-refractivity contribution in [3.8, 4) is 0 Å². The van der Waals surface area contributed by atoms with Crippen LogP contribution in [0.4, 0.5) is 8.78 Å². The Labute approximate surface area is 101 Å². The Morgan fingerprint density at radius 1 is 1.65 bits per heavy atom. The maximum absolute atomic E-state index is 14.0. The van der Waals surface area contributed by atoms with E-state index < -0.39 is 30.0 Å². The van der Waals surface area contributed by atoms with Crippen molar-refractivity contribution in [3.05, 3.63) is 36.5 Å². The van der Waals surface area contributed by atoms with Gasteiger partial charge in [-0.25, -0.2) is 8.78 Å². The minimum Gasteiger partial charge on any atom is -0.294 e. The second-order valence-corrected chi connectivity index (χ2v) is 4.67. The minimum absolute atomic E-state index is 0.427. The molecule has 94 valence electrons. The molecule has 1 nitrogen and oxygen atoms in total. The summed E-state index contributed by atoms with van der Waals surface area (Å²) in [6, 6.07) is 0. The van der Waals surface area contributed by atoms with E-state index >= 15 is 0 Å². The molecule has 2 atom stereocenters. The Balaban J connectivity index is 3.14. The average molecular weight is 240 g/mol. The highest BCUT2D eigenvalue weighted by atomic mass is 19.3. The van der Waals surface area contributed by atoms with Crippen LogP contribution < -0.4 is 0 Å². The molecule has 1 aliphatic carbocycles. The first-order valence-corrected chi connectivity index (χ1v) is 5.66. The lowest BCUT2D eigenvalue weighted by molar-refractivity contribution is -0.138. The van der Waals surface area contributed by atoms with Gasteiger partial charge in [0, 0.05) is 6.42 Å². The first-order chi connectivity index (χ1) is 7.81. The predicted molar refractivity (Wildman–Crippen MR) is 64.9 cm³/mol. The van der Waals surface area contributed by atoms with Gasteiger partial charge in [0.25, 0.3) is 5.92 Å². The lowest BCUT2D eigenvalue weighted by atomic mass is 9.72. The van der Waals surface area contributed by atoms with Gasteiger partial charge in [-0.1, -0.05) is 24.3 Å². The Hall–Kier alpha value is -1.25. The molecule has 3 heteroatoms. The van der Waals surface area contributed by atoms with Gasteiger partial charge in [-0.15, -0.1) is 6.58 Å². The molecule has 0 unspecified atom stereocenters. The molecule has 0 saturated heterocycles. The van der Waals surface area contributed by atoms with Crippen LogP contribution in [-0.2, 0) is 4.79 Å². The van der Waals surface area contributed by atoms with Crippen molar-refractivity contribution < 1.29 is 13.6 Å². The highest BCUT2D eigenvalue weighted by molar-refractivity contribution is 5.98. The first-order valence-electron chi connectivity index (χ1n) is 5.66. The number of hydrogen-bond acceptors (Lipinski definition) is 1. The molecule has 0 saturated carbocycles. The van der Waals surface area contributed by atoms with Crippen molar-refractivity contribution >= 4 is 5.78 Å². The average Bonchev–Trinajstić information content (AvgIpc) is 2.20. The van der Waals surface area contributed by atoms with Gasteiger partial charge in [-0.05, 0) is 31.8 Å². The number of rotatable bonds is 4. The van der Waals surface area contributed by atoms with E-state index in [1.54, 1.807) is 19.9 Å². The molecular weight excluding hydrogens is 222 g/mol. The molecule has 0 aromatic rings. The smallest absolute Gasteiger partial charge is 0.262 e. The Morgan fingerprint density at radius 3 is 2.71 bits per heavy atom. The van der Waals surface area contributed by atoms with E-state index in [-0.39, 0.29) is 0 Å². The van der Waals surface area contributed by atoms with Crippen LogP contribution in [0, 0.1) is 11.8 Å². The predicted octanol–water partition coefficient (Wildman–Crippen LogP) is 3.93. The summed E-state index contributed by atoms with van der Waals surface area (Å²) < 4.78 is 28.0. The molecule has 0 spiro atoms. The molecule has 0 aromatic carbocycles. The molecule has 0 radical (unpaired) electrons. The quantitative estimate of drug-likeness (QED) is 0.680. The van der Waals surface area contributed by atoms with Crippen LogP contribution in [0.1, 0.15) is 26.7 Å². The van der Waals surface area contributed by atoms with Crippen molar-refractivity contribution in [3.63, 3.8) is 0 Å². The van der Waals surface area contributed by atoms with Crippen LogP contribution >= 0.6 is 0 Å². The van der Waals surface area contributed by atoms with Gasteiger partial charge in [0.2, 0.25) is 0 Å². The van der Waals surface area contributed by atoms with Gasteiger partial charge in [0.1, 0.15) is 0 Å². The number of ketones is 1. The van der Waals surface area contributed by atoms with E-state index in [1.807, 2.05) is 0 Å². The summed E-state index contributed by atoms with van der Waals surface area (Å²) in [5.74, 6) is -5.27. The van der Waals surface area contributed by atoms with Crippen LogP contribution in [0.25, 0.3) is 0 Å². The van der Waals surface area contributed by atoms with Crippen LogP contribution in [0.3, 0.4) is 0 Å². The second-order valence-electron chi connectivity index (χ2n) is 4.67. The topological polar surface area (TPSA) is 17.1 Å². The Morgan fingerprint density at radius 2 is 2.24 bits per heavy atom. The molecule has 0 N–H and O–H groups in total. The Kier molecular flexibility index (Phi) is 4.02. The largest absolute Gasteiger partial charge is 0.294 e. The fraction of sp³-hybridized carbons (Fsp3) is 0.500. The Bertz CT molecular complexity index is 380. The standard InChI is InChI=1S/C14H18F2O/c1-5-8-14(15,16)12-11(9(2)3)7-6-10(4)13(12)17/h5-6,11-12H,1-2,7-8H2,3-4H3/t11-,12-/m0/s1. The zero-order valence-corrected chi connectivity index (χ0v) is 10.3. The van der Waals surface area contributed by atoms with Gasteiger partial charge in [0.05, 0.1) is 5.92 Å². The molecule has 0 heterocycles. The number of carbonyl (C=O) groups is 1. The van der Waals surface area contributed by atoms with Crippen molar-refractivity contribution in [1.29, 1.82) is 0 Å². The van der Waals surface area contributed by atoms with Gasteiger partial charge in [-0.3, -0.25) is 4.79 Å². The summed E-state index contributed by atoms with van der Waals surface area (Å²) in [6.45, 7) is 10.3. The highest BCUT2D eigenvalue weighted by Gasteiger charge is 2.49. The molecule has 1 aliphatic rings. The third kappa shape index (κ3) is 2.71. The summed E-state index contributed by atoms with van der Waals surface area (Å²) in [7, 11) is 0. The van der Waals surface area contributed by atoms with E-state index in [0.717, 1.165) is 6.08 Å². The number of carbonyl (C=O) groups excluding carboxylic acids is 1. The normalized spacial score (nSPS) is 25.4. The van der Waals surface area contributed by atoms with Crippen LogP contribution in [-0.4, -0.2) is 11.7 Å². The second kappa shape index (κ2) is 4.94. The van der Waals surface area contributed by atoms with E-state index in [1.165, 1.54) is 0 Å². The van der Waals surface area contributed by atoms with Crippen molar-refractivity contribution in [2.24, 2.45) is 11.8 Å². The lowest BCUT2D eigenvalue weighted by Gasteiger charge is -2.35. The van der Waals surface area contributed by atoms with Crippen LogP contribution in [0.5, 0.6) is 0 Å². The number of allylic oxidation sites excluding steroid dienone is 4. The minimum atomic E-state index is -3.04. The lowest BCUT2D eigenvalue weighted by Crippen LogP contribution is -2.42. The van der Waals surface area contributed by atoms with Gasteiger partial charge in [-0.2, -0.15) is 0 Å². The van der Waals surface area contributed by atoms with E-state index in [0.29, 0.717) is 17.6 Å². The third-order valence-electron chi connectivity index (χ3n) is 3.26. The van der Waals surface area contributed by atoms with Crippen molar-refractivity contribution in [2.45, 2.75) is 32.6 Å². The number of Topliss-reactive ketones (excluding diaryl/α,β-unsaturated/α-hetero) is 1. The van der Waals surface area contributed by atoms with Gasteiger partial charge in [0.15, 0.2) is 5.78 Å². The maximum Gasteiger partial charge on any atom is 0.262 e. The van der Waals surface area contributed by atoms with E-state index in [4.69, 9.17) is 0 Å². The molecule has 0 amide bonds. The van der Waals surface area contributed by atoms with Gasteiger partial charge >= 0.3 is 0 Å². The molecule has 17 heavy (non-hydrogen) atoms. The first kappa shape index (κ1) is 13.8. The summed E-state index contributed by atoms with van der Waals surface area (Å²) in [5.41, 5.74) is 1.06. The van der Waals surface area contributed by atoms with E-state index in [2.05, 4.69) is 13.2 Å². The monoisotopic (exact) mass is 240 g/mol. The fourth-order valence-corrected chi connectivity index (χ4v) is 2.26. The summed E-state index contributed by atoms with van der Waals surface area (Å²) in [5, 5.41) is 0. The van der Waals surface area contributed by atoms with Gasteiger partial charge < -0.3 is 0 Å². The molecule has 0 bridgehead atoms. The number of halogens is 2. The van der Waals surface area contributed by atoms with Crippen LogP contribution in [0.15, 0.2) is 36.5 Å². The zero-order valence-electron chi connectivity index (χ0n) is 10.3. The number of hydrogen-bond donors (Lipinski definition) is 0. The fourth-order valence-electron chi connectivity index (χ4n) is 2.26. The van der Waals surface area contributed by atoms with Crippen LogP contribution in [0.2, 0.25) is 0 Å². The van der Waals surface area contributed by atoms with E-state index in [9.17, 15) is 13.6 Å². The third-order valence-corrected chi connectivity index (χ3v) is 3.26. The highest BCUT2D eigenvalue weighted by Crippen LogP contribution is 2.42. The molecule has 1 rings (SSSR count). The molecule has 0 aliphatic heterocycles. The summed E-state index contributed by atoms with van der Waals surface area (Å²) in [6.07, 6.45) is 2.88. The molecular formula is C14H18F2O. The molecule has 0 fully saturated rings. The SMILES string of the molecule is C=CCC(F)(F)[C@@H]1C(=O)C(C)=CC[C@H]1C(=C)C. The van der Waals surface area contributed by atoms with Crippen molar-refractivity contribution in [1.82, 2.24) is 0 Å². The van der Waals surface area contributed by atoms with Crippen molar-refractivity contribution in [2.75, 3.05) is 0 Å².